The maximum atomic E-state index is 12.9. The number of hydrogen-bond donors (Lipinski definition) is 3. The zero-order chi connectivity index (χ0) is 24.3. The Morgan fingerprint density at radius 3 is 2.53 bits per heavy atom. The van der Waals surface area contributed by atoms with Crippen molar-refractivity contribution in [3.05, 3.63) is 99.4 Å². The Morgan fingerprint density at radius 2 is 1.79 bits per heavy atom. The number of benzene rings is 3. The van der Waals surface area contributed by atoms with Crippen LogP contribution < -0.4 is 10.9 Å². The smallest absolute Gasteiger partial charge is 0.299 e. The van der Waals surface area contributed by atoms with Crippen molar-refractivity contribution in [2.75, 3.05) is 5.32 Å². The number of azo groups is 1. The molecular formula is C23H20ClN5O4S. The van der Waals surface area contributed by atoms with Crippen LogP contribution in [0.4, 0.5) is 17.1 Å². The van der Waals surface area contributed by atoms with Gasteiger partial charge in [-0.15, -0.1) is 5.11 Å². The molecular weight excluding hydrogens is 478 g/mol. The largest absolute Gasteiger partial charge is 0.381 e. The zero-order valence-electron chi connectivity index (χ0n) is 17.9. The topological polar surface area (TPSA) is 129 Å². The van der Waals surface area contributed by atoms with Crippen LogP contribution in [0.25, 0.3) is 5.69 Å². The van der Waals surface area contributed by atoms with E-state index in [0.717, 1.165) is 28.1 Å². The molecule has 0 fully saturated rings. The molecule has 9 nitrogen and oxygen atoms in total. The van der Waals surface area contributed by atoms with E-state index < -0.39 is 20.6 Å². The van der Waals surface area contributed by atoms with Gasteiger partial charge in [-0.2, -0.15) is 13.5 Å². The second-order valence-electron chi connectivity index (χ2n) is 7.40. The van der Waals surface area contributed by atoms with Crippen LogP contribution in [-0.2, 0) is 16.7 Å². The van der Waals surface area contributed by atoms with Crippen LogP contribution in [0.5, 0.6) is 0 Å². The molecule has 11 heteroatoms. The number of aromatic nitrogens is 2. The Labute approximate surface area is 200 Å². The summed E-state index contributed by atoms with van der Waals surface area (Å²) in [7, 11) is -4.47. The van der Waals surface area contributed by atoms with Gasteiger partial charge in [0.25, 0.3) is 15.7 Å². The molecule has 0 aliphatic carbocycles. The minimum atomic E-state index is -4.47. The molecule has 4 aromatic rings. The lowest BCUT2D eigenvalue weighted by atomic mass is 10.2. The van der Waals surface area contributed by atoms with E-state index >= 15 is 0 Å². The molecule has 174 valence electrons. The lowest BCUT2D eigenvalue weighted by Crippen LogP contribution is -2.15. The highest BCUT2D eigenvalue weighted by Gasteiger charge is 2.18. The van der Waals surface area contributed by atoms with Gasteiger partial charge in [-0.3, -0.25) is 14.4 Å². The van der Waals surface area contributed by atoms with Gasteiger partial charge < -0.3 is 5.32 Å². The molecule has 34 heavy (non-hydrogen) atoms. The molecule has 0 bridgehead atoms. The summed E-state index contributed by atoms with van der Waals surface area (Å²) in [5.41, 5.74) is 2.47. The van der Waals surface area contributed by atoms with Gasteiger partial charge in [-0.1, -0.05) is 41.9 Å². The van der Waals surface area contributed by atoms with Gasteiger partial charge in [0.15, 0.2) is 5.69 Å². The maximum absolute atomic E-state index is 12.9. The van der Waals surface area contributed by atoms with E-state index in [1.165, 1.54) is 6.07 Å². The van der Waals surface area contributed by atoms with Gasteiger partial charge in [0.05, 0.1) is 27.0 Å². The summed E-state index contributed by atoms with van der Waals surface area (Å²) in [6.07, 6.45) is 0. The number of para-hydroxylation sites is 1. The SMILES string of the molecule is Cc1[nH]n(-c2cc(S(=O)(=O)O)ccc2Cl)c(=O)c1N=Nc1cccc(CNc2ccccc2)c1. The van der Waals surface area contributed by atoms with Crippen LogP contribution in [-0.4, -0.2) is 22.8 Å². The fourth-order valence-corrected chi connectivity index (χ4v) is 3.95. The molecule has 0 radical (unpaired) electrons. The lowest BCUT2D eigenvalue weighted by molar-refractivity contribution is 0.483. The molecule has 4 rings (SSSR count). The lowest BCUT2D eigenvalue weighted by Gasteiger charge is -2.06. The van der Waals surface area contributed by atoms with E-state index in [1.807, 2.05) is 48.5 Å². The summed E-state index contributed by atoms with van der Waals surface area (Å²) < 4.78 is 33.3. The number of nitrogens with one attached hydrogen (secondary N) is 2. The third kappa shape index (κ3) is 5.25. The predicted molar refractivity (Wildman–Crippen MR) is 130 cm³/mol. The Morgan fingerprint density at radius 1 is 1.03 bits per heavy atom. The van der Waals surface area contributed by atoms with Crippen LogP contribution in [0.3, 0.4) is 0 Å². The van der Waals surface area contributed by atoms with Crippen molar-refractivity contribution >= 4 is 38.8 Å². The molecule has 0 aliphatic rings. The normalized spacial score (nSPS) is 11.7. The fraction of sp³-hybridized carbons (Fsp3) is 0.0870. The van der Waals surface area contributed by atoms with Gasteiger partial charge in [-0.25, -0.2) is 4.68 Å². The number of hydrogen-bond acceptors (Lipinski definition) is 6. The monoisotopic (exact) mass is 497 g/mol. The first-order chi connectivity index (χ1) is 16.2. The fourth-order valence-electron chi connectivity index (χ4n) is 3.25. The van der Waals surface area contributed by atoms with Crippen molar-refractivity contribution in [1.82, 2.24) is 9.78 Å². The summed E-state index contributed by atoms with van der Waals surface area (Å²) in [4.78, 5) is 12.6. The van der Waals surface area contributed by atoms with E-state index in [1.54, 1.807) is 13.0 Å². The average Bonchev–Trinajstić information content (AvgIpc) is 3.10. The first-order valence-corrected chi connectivity index (χ1v) is 11.9. The number of H-pyrrole nitrogens is 1. The highest BCUT2D eigenvalue weighted by atomic mass is 35.5. The molecule has 0 aliphatic heterocycles. The predicted octanol–water partition coefficient (Wildman–Crippen LogP) is 5.40. The Kier molecular flexibility index (Phi) is 6.64. The molecule has 1 heterocycles. The van der Waals surface area contributed by atoms with E-state index in [9.17, 15) is 17.8 Å². The molecule has 0 atom stereocenters. The van der Waals surface area contributed by atoms with Crippen LogP contribution in [0.15, 0.2) is 92.7 Å². The third-order valence-electron chi connectivity index (χ3n) is 4.94. The van der Waals surface area contributed by atoms with Crippen molar-refractivity contribution < 1.29 is 13.0 Å². The van der Waals surface area contributed by atoms with E-state index in [2.05, 4.69) is 20.6 Å². The molecule has 0 saturated heterocycles. The van der Waals surface area contributed by atoms with Crippen LogP contribution >= 0.6 is 11.6 Å². The van der Waals surface area contributed by atoms with E-state index in [0.29, 0.717) is 17.9 Å². The number of aryl methyl sites for hydroxylation is 1. The van der Waals surface area contributed by atoms with Gasteiger partial charge in [0.2, 0.25) is 0 Å². The third-order valence-corrected chi connectivity index (χ3v) is 6.11. The van der Waals surface area contributed by atoms with Gasteiger partial charge >= 0.3 is 0 Å². The summed E-state index contributed by atoms with van der Waals surface area (Å²) in [5, 5.41) is 14.5. The Bertz CT molecular complexity index is 1530. The van der Waals surface area contributed by atoms with Crippen molar-refractivity contribution in [3.63, 3.8) is 0 Å². The second kappa shape index (κ2) is 9.64. The van der Waals surface area contributed by atoms with E-state index in [-0.39, 0.29) is 16.4 Å². The summed E-state index contributed by atoms with van der Waals surface area (Å²) in [5.74, 6) is 0. The van der Waals surface area contributed by atoms with Crippen molar-refractivity contribution in [1.29, 1.82) is 0 Å². The second-order valence-corrected chi connectivity index (χ2v) is 9.23. The molecule has 3 N–H and O–H groups in total. The van der Waals surface area contributed by atoms with Crippen LogP contribution in [0.2, 0.25) is 5.02 Å². The van der Waals surface area contributed by atoms with Crippen LogP contribution in [0, 0.1) is 6.92 Å². The molecule has 3 aromatic carbocycles. The first-order valence-electron chi connectivity index (χ1n) is 10.1. The maximum Gasteiger partial charge on any atom is 0.299 e. The van der Waals surface area contributed by atoms with Crippen molar-refractivity contribution in [3.8, 4) is 5.69 Å². The average molecular weight is 498 g/mol. The number of aromatic amines is 1. The van der Waals surface area contributed by atoms with E-state index in [4.69, 9.17) is 11.6 Å². The number of rotatable bonds is 7. The number of anilines is 1. The minimum Gasteiger partial charge on any atom is -0.381 e. The van der Waals surface area contributed by atoms with Crippen molar-refractivity contribution in [2.24, 2.45) is 10.2 Å². The first kappa shape index (κ1) is 23.4. The van der Waals surface area contributed by atoms with Crippen molar-refractivity contribution in [2.45, 2.75) is 18.4 Å². The molecule has 0 amide bonds. The molecule has 0 unspecified atom stereocenters. The Balaban J connectivity index is 1.59. The number of nitrogens with zero attached hydrogens (tertiary/aromatic N) is 3. The van der Waals surface area contributed by atoms with Gasteiger partial charge in [0, 0.05) is 12.2 Å². The standard InChI is InChI=1S/C23H20ClN5O4S/c1-15-22(23(30)29(28-15)21-13-19(34(31,32)33)10-11-20(21)24)27-26-18-9-5-6-16(12-18)14-25-17-7-3-2-4-8-17/h2-13,25,28H,14H2,1H3,(H,31,32,33). The molecule has 0 saturated carbocycles. The quantitative estimate of drug-likeness (QED) is 0.232. The summed E-state index contributed by atoms with van der Waals surface area (Å²) in [6.45, 7) is 2.22. The zero-order valence-corrected chi connectivity index (χ0v) is 19.5. The molecule has 0 spiro atoms. The highest BCUT2D eigenvalue weighted by molar-refractivity contribution is 7.85. The minimum absolute atomic E-state index is 0.0427. The van der Waals surface area contributed by atoms with Gasteiger partial charge in [-0.05, 0) is 55.0 Å². The highest BCUT2D eigenvalue weighted by Crippen LogP contribution is 2.25. The Hall–Kier alpha value is -3.73. The summed E-state index contributed by atoms with van der Waals surface area (Å²) >= 11 is 6.16. The summed E-state index contributed by atoms with van der Waals surface area (Å²) in [6, 6.07) is 20.7. The van der Waals surface area contributed by atoms with Gasteiger partial charge in [0.1, 0.15) is 0 Å². The van der Waals surface area contributed by atoms with Crippen LogP contribution in [0.1, 0.15) is 11.3 Å². The number of halogens is 1. The molecule has 1 aromatic heterocycles.